The number of carbonyl (C=O) groups excluding carboxylic acids is 1. The SMILES string of the molecule is CS(=O)(=O)N[C@H]1CCO[C@]2(CCN(C(=O)c3ccsc3)C2)C1. The van der Waals surface area contributed by atoms with Gasteiger partial charge in [0.05, 0.1) is 24.0 Å². The van der Waals surface area contributed by atoms with Gasteiger partial charge < -0.3 is 9.64 Å². The lowest BCUT2D eigenvalue weighted by molar-refractivity contribution is -0.0763. The minimum atomic E-state index is -3.22. The summed E-state index contributed by atoms with van der Waals surface area (Å²) >= 11 is 1.51. The maximum absolute atomic E-state index is 12.4. The highest BCUT2D eigenvalue weighted by molar-refractivity contribution is 7.88. The molecule has 1 amide bonds. The minimum Gasteiger partial charge on any atom is -0.373 e. The van der Waals surface area contributed by atoms with Crippen LogP contribution < -0.4 is 4.72 Å². The number of amides is 1. The molecule has 22 heavy (non-hydrogen) atoms. The lowest BCUT2D eigenvalue weighted by Gasteiger charge is -2.38. The van der Waals surface area contributed by atoms with Crippen molar-refractivity contribution in [2.24, 2.45) is 0 Å². The molecule has 0 bridgehead atoms. The third-order valence-corrected chi connectivity index (χ3v) is 5.69. The normalized spacial score (nSPS) is 29.1. The monoisotopic (exact) mass is 344 g/mol. The first-order valence-electron chi connectivity index (χ1n) is 7.30. The molecule has 1 aromatic rings. The van der Waals surface area contributed by atoms with Crippen molar-refractivity contribution in [3.8, 4) is 0 Å². The van der Waals surface area contributed by atoms with Gasteiger partial charge in [-0.3, -0.25) is 4.79 Å². The van der Waals surface area contributed by atoms with Crippen molar-refractivity contribution in [1.82, 2.24) is 9.62 Å². The van der Waals surface area contributed by atoms with Crippen LogP contribution in [0.2, 0.25) is 0 Å². The highest BCUT2D eigenvalue weighted by Gasteiger charge is 2.45. The maximum Gasteiger partial charge on any atom is 0.254 e. The fourth-order valence-corrected chi connectivity index (χ4v) is 4.74. The molecule has 3 rings (SSSR count). The molecule has 122 valence electrons. The zero-order chi connectivity index (χ0) is 15.8. The number of rotatable bonds is 3. The van der Waals surface area contributed by atoms with Crippen molar-refractivity contribution in [2.75, 3.05) is 26.0 Å². The maximum atomic E-state index is 12.4. The number of nitrogens with zero attached hydrogens (tertiary/aromatic N) is 1. The van der Waals surface area contributed by atoms with Gasteiger partial charge in [-0.2, -0.15) is 11.3 Å². The molecule has 0 unspecified atom stereocenters. The van der Waals surface area contributed by atoms with Crippen LogP contribution in [0.15, 0.2) is 16.8 Å². The Morgan fingerprint density at radius 2 is 2.36 bits per heavy atom. The summed E-state index contributed by atoms with van der Waals surface area (Å²) in [6, 6.07) is 1.72. The molecule has 2 saturated heterocycles. The van der Waals surface area contributed by atoms with Crippen LogP contribution in [0.4, 0.5) is 0 Å². The second-order valence-corrected chi connectivity index (χ2v) is 8.66. The third kappa shape index (κ3) is 3.51. The van der Waals surface area contributed by atoms with Gasteiger partial charge in [-0.1, -0.05) is 0 Å². The van der Waals surface area contributed by atoms with E-state index in [2.05, 4.69) is 4.72 Å². The van der Waals surface area contributed by atoms with Crippen molar-refractivity contribution in [3.63, 3.8) is 0 Å². The van der Waals surface area contributed by atoms with E-state index in [-0.39, 0.29) is 11.9 Å². The number of hydrogen-bond acceptors (Lipinski definition) is 5. The van der Waals surface area contributed by atoms with Gasteiger partial charge in [0.1, 0.15) is 0 Å². The van der Waals surface area contributed by atoms with E-state index in [0.717, 1.165) is 6.42 Å². The smallest absolute Gasteiger partial charge is 0.254 e. The van der Waals surface area contributed by atoms with E-state index in [4.69, 9.17) is 4.74 Å². The summed E-state index contributed by atoms with van der Waals surface area (Å²) in [6.45, 7) is 1.71. The zero-order valence-corrected chi connectivity index (χ0v) is 14.1. The summed E-state index contributed by atoms with van der Waals surface area (Å²) in [5.41, 5.74) is 0.301. The average molecular weight is 344 g/mol. The Morgan fingerprint density at radius 3 is 3.05 bits per heavy atom. The van der Waals surface area contributed by atoms with Gasteiger partial charge in [-0.25, -0.2) is 13.1 Å². The van der Waals surface area contributed by atoms with Crippen molar-refractivity contribution in [3.05, 3.63) is 22.4 Å². The summed E-state index contributed by atoms with van der Waals surface area (Å²) in [4.78, 5) is 14.2. The molecule has 8 heteroatoms. The van der Waals surface area contributed by atoms with Crippen molar-refractivity contribution >= 4 is 27.3 Å². The topological polar surface area (TPSA) is 75.7 Å². The Kier molecular flexibility index (Phi) is 4.28. The molecule has 0 aliphatic carbocycles. The van der Waals surface area contributed by atoms with E-state index in [9.17, 15) is 13.2 Å². The summed E-state index contributed by atoms with van der Waals surface area (Å²) < 4.78 is 31.4. The summed E-state index contributed by atoms with van der Waals surface area (Å²) in [5, 5.41) is 3.74. The molecule has 1 N–H and O–H groups in total. The van der Waals surface area contributed by atoms with Gasteiger partial charge in [-0.15, -0.1) is 0 Å². The Bertz CT molecular complexity index is 644. The molecule has 3 heterocycles. The van der Waals surface area contributed by atoms with E-state index >= 15 is 0 Å². The number of likely N-dealkylation sites (tertiary alicyclic amines) is 1. The van der Waals surface area contributed by atoms with Crippen LogP contribution in [0, 0.1) is 0 Å². The number of hydrogen-bond donors (Lipinski definition) is 1. The van der Waals surface area contributed by atoms with Gasteiger partial charge in [0.15, 0.2) is 0 Å². The molecule has 0 radical (unpaired) electrons. The van der Waals surface area contributed by atoms with Crippen LogP contribution >= 0.6 is 11.3 Å². The van der Waals surface area contributed by atoms with Crippen LogP contribution in [0.5, 0.6) is 0 Å². The number of carbonyl (C=O) groups is 1. The van der Waals surface area contributed by atoms with Crippen LogP contribution in [-0.2, 0) is 14.8 Å². The van der Waals surface area contributed by atoms with Gasteiger partial charge in [0.2, 0.25) is 10.0 Å². The summed E-state index contributed by atoms with van der Waals surface area (Å²) in [5.74, 6) is 0.0277. The van der Waals surface area contributed by atoms with Gasteiger partial charge in [0.25, 0.3) is 5.91 Å². The predicted molar refractivity (Wildman–Crippen MR) is 84.5 cm³/mol. The zero-order valence-electron chi connectivity index (χ0n) is 12.4. The molecule has 1 spiro atoms. The Labute approximate surface area is 134 Å². The molecule has 2 aliphatic rings. The van der Waals surface area contributed by atoms with Crippen LogP contribution in [0.25, 0.3) is 0 Å². The molecule has 1 aromatic heterocycles. The van der Waals surface area contributed by atoms with E-state index < -0.39 is 15.6 Å². The molecule has 2 fully saturated rings. The lowest BCUT2D eigenvalue weighted by Crippen LogP contribution is -2.50. The van der Waals surface area contributed by atoms with Crippen LogP contribution in [-0.4, -0.2) is 56.8 Å². The second-order valence-electron chi connectivity index (χ2n) is 6.10. The Balaban J connectivity index is 1.66. The summed E-state index contributed by atoms with van der Waals surface area (Å²) in [7, 11) is -3.22. The highest BCUT2D eigenvalue weighted by atomic mass is 32.2. The highest BCUT2D eigenvalue weighted by Crippen LogP contribution is 2.35. The lowest BCUT2D eigenvalue weighted by atomic mass is 9.90. The Hall–Kier alpha value is -0.960. The van der Waals surface area contributed by atoms with Crippen molar-refractivity contribution < 1.29 is 17.9 Å². The summed E-state index contributed by atoms with van der Waals surface area (Å²) in [6.07, 6.45) is 3.22. The largest absolute Gasteiger partial charge is 0.373 e. The van der Waals surface area contributed by atoms with Gasteiger partial charge in [0, 0.05) is 24.6 Å². The van der Waals surface area contributed by atoms with E-state index in [0.29, 0.717) is 38.1 Å². The van der Waals surface area contributed by atoms with E-state index in [1.54, 1.807) is 0 Å². The molecule has 0 saturated carbocycles. The molecule has 6 nitrogen and oxygen atoms in total. The minimum absolute atomic E-state index is 0.0277. The second kappa shape index (κ2) is 5.92. The fraction of sp³-hybridized carbons (Fsp3) is 0.643. The van der Waals surface area contributed by atoms with E-state index in [1.165, 1.54) is 17.6 Å². The quantitative estimate of drug-likeness (QED) is 0.890. The standard InChI is InChI=1S/C14H20N2O4S2/c1-22(18,19)15-12-2-6-20-14(8-12)4-5-16(10-14)13(17)11-3-7-21-9-11/h3,7,9,12,15H,2,4-6,8,10H2,1H3/t12-,14+/m0/s1. The average Bonchev–Trinajstić information content (AvgIpc) is 3.06. The van der Waals surface area contributed by atoms with Crippen LogP contribution in [0.3, 0.4) is 0 Å². The van der Waals surface area contributed by atoms with E-state index in [1.807, 2.05) is 21.7 Å². The fourth-order valence-electron chi connectivity index (χ4n) is 3.30. The molecule has 2 atom stereocenters. The van der Waals surface area contributed by atoms with Crippen molar-refractivity contribution in [2.45, 2.75) is 30.9 Å². The molecular weight excluding hydrogens is 324 g/mol. The van der Waals surface area contributed by atoms with Crippen molar-refractivity contribution in [1.29, 1.82) is 0 Å². The first-order valence-corrected chi connectivity index (χ1v) is 10.1. The molecule has 2 aliphatic heterocycles. The molecule has 0 aromatic carbocycles. The van der Waals surface area contributed by atoms with Gasteiger partial charge >= 0.3 is 0 Å². The van der Waals surface area contributed by atoms with Gasteiger partial charge in [-0.05, 0) is 30.7 Å². The van der Waals surface area contributed by atoms with Crippen LogP contribution in [0.1, 0.15) is 29.6 Å². The number of sulfonamides is 1. The first-order chi connectivity index (χ1) is 10.4. The number of nitrogens with one attached hydrogen (secondary N) is 1. The molecular formula is C14H20N2O4S2. The third-order valence-electron chi connectivity index (χ3n) is 4.25. The predicted octanol–water partition coefficient (Wildman–Crippen LogP) is 1.06. The first kappa shape index (κ1) is 15.9. The Morgan fingerprint density at radius 1 is 1.55 bits per heavy atom. The number of ether oxygens (including phenoxy) is 1. The number of thiophene rings is 1.